The van der Waals surface area contributed by atoms with E-state index in [1.54, 1.807) is 6.07 Å². The maximum Gasteiger partial charge on any atom is 0.192 e. The van der Waals surface area contributed by atoms with Crippen molar-refractivity contribution in [2.75, 3.05) is 6.54 Å². The van der Waals surface area contributed by atoms with Crippen LogP contribution in [-0.4, -0.2) is 18.0 Å². The lowest BCUT2D eigenvalue weighted by atomic mass is 10.1. The first-order valence-corrected chi connectivity index (χ1v) is 7.54. The number of hydrogen-bond donors (Lipinski definition) is 2. The molecule has 1 aromatic carbocycles. The molecule has 2 rings (SSSR count). The van der Waals surface area contributed by atoms with Gasteiger partial charge in [0.05, 0.1) is 0 Å². The summed E-state index contributed by atoms with van der Waals surface area (Å²) in [6.45, 7) is 11.4. The van der Waals surface area contributed by atoms with Crippen molar-refractivity contribution in [3.05, 3.63) is 35.3 Å². The van der Waals surface area contributed by atoms with Gasteiger partial charge in [0.25, 0.3) is 0 Å². The molecule has 0 aliphatic rings. The van der Waals surface area contributed by atoms with Gasteiger partial charge in [0.1, 0.15) is 23.7 Å². The monoisotopic (exact) mass is 433 g/mol. The van der Waals surface area contributed by atoms with Gasteiger partial charge in [0.15, 0.2) is 5.96 Å². The first-order chi connectivity index (χ1) is 10.3. The van der Waals surface area contributed by atoms with Crippen LogP contribution in [0.1, 0.15) is 39.0 Å². The zero-order valence-electron chi connectivity index (χ0n) is 14.3. The van der Waals surface area contributed by atoms with Crippen LogP contribution in [0.5, 0.6) is 0 Å². The maximum absolute atomic E-state index is 13.3. The Morgan fingerprint density at radius 2 is 2.00 bits per heavy atom. The van der Waals surface area contributed by atoms with Crippen molar-refractivity contribution in [1.82, 2.24) is 10.6 Å². The number of aryl methyl sites for hydroxylation is 1. The van der Waals surface area contributed by atoms with Gasteiger partial charge in [0.2, 0.25) is 0 Å². The molecule has 0 bridgehead atoms. The fourth-order valence-corrected chi connectivity index (χ4v) is 2.21. The summed E-state index contributed by atoms with van der Waals surface area (Å²) in [4.78, 5) is 4.55. The molecule has 0 aliphatic carbocycles. The third kappa shape index (κ3) is 5.37. The van der Waals surface area contributed by atoms with Crippen LogP contribution in [0.25, 0.3) is 11.0 Å². The van der Waals surface area contributed by atoms with Gasteiger partial charge >= 0.3 is 0 Å². The highest BCUT2D eigenvalue weighted by molar-refractivity contribution is 14.0. The topological polar surface area (TPSA) is 49.6 Å². The van der Waals surface area contributed by atoms with Crippen LogP contribution < -0.4 is 10.6 Å². The van der Waals surface area contributed by atoms with Gasteiger partial charge in [0, 0.05) is 23.0 Å². The van der Waals surface area contributed by atoms with Crippen molar-refractivity contribution in [3.63, 3.8) is 0 Å². The summed E-state index contributed by atoms with van der Waals surface area (Å²) in [6, 6.07) is 4.56. The van der Waals surface area contributed by atoms with Crippen LogP contribution in [0, 0.1) is 12.7 Å². The quantitative estimate of drug-likeness (QED) is 0.430. The van der Waals surface area contributed by atoms with Gasteiger partial charge in [-0.05, 0) is 52.8 Å². The largest absolute Gasteiger partial charge is 0.459 e. The number of nitrogens with one attached hydrogen (secondary N) is 2. The molecule has 0 saturated carbocycles. The third-order valence-electron chi connectivity index (χ3n) is 3.22. The van der Waals surface area contributed by atoms with E-state index in [1.165, 1.54) is 12.1 Å². The number of nitrogens with zero attached hydrogens (tertiary/aromatic N) is 1. The molecule has 2 N–H and O–H groups in total. The first kappa shape index (κ1) is 19.7. The highest BCUT2D eigenvalue weighted by Crippen LogP contribution is 2.26. The molecule has 128 valence electrons. The standard InChI is InChI=1S/C17H24FN3O.HI/c1-6-19-16(21-17(3,4)5)20-10-15-11(2)13-9-12(18)7-8-14(13)22-15;/h7-9H,6,10H2,1-5H3,(H2,19,20,21);1H. The van der Waals surface area contributed by atoms with E-state index in [2.05, 4.69) is 36.4 Å². The number of aliphatic imine (C=N–C) groups is 1. The number of furan rings is 1. The maximum atomic E-state index is 13.3. The van der Waals surface area contributed by atoms with E-state index in [9.17, 15) is 4.39 Å². The molecule has 6 heteroatoms. The fraction of sp³-hybridized carbons (Fsp3) is 0.471. The van der Waals surface area contributed by atoms with Gasteiger partial charge in [-0.2, -0.15) is 0 Å². The Morgan fingerprint density at radius 1 is 1.30 bits per heavy atom. The molecule has 0 fully saturated rings. The van der Waals surface area contributed by atoms with Crippen molar-refractivity contribution >= 4 is 40.9 Å². The van der Waals surface area contributed by atoms with E-state index in [4.69, 9.17) is 4.42 Å². The molecule has 0 unspecified atom stereocenters. The minimum Gasteiger partial charge on any atom is -0.459 e. The Kier molecular flexibility index (Phi) is 6.85. The Morgan fingerprint density at radius 3 is 2.61 bits per heavy atom. The molecule has 0 aliphatic heterocycles. The van der Waals surface area contributed by atoms with E-state index < -0.39 is 0 Å². The van der Waals surface area contributed by atoms with Gasteiger partial charge < -0.3 is 15.1 Å². The average molecular weight is 433 g/mol. The van der Waals surface area contributed by atoms with Gasteiger partial charge in [-0.15, -0.1) is 24.0 Å². The molecule has 0 amide bonds. The molecule has 0 radical (unpaired) electrons. The Labute approximate surface area is 153 Å². The summed E-state index contributed by atoms with van der Waals surface area (Å²) in [6.07, 6.45) is 0. The first-order valence-electron chi connectivity index (χ1n) is 7.54. The number of guanidine groups is 1. The van der Waals surface area contributed by atoms with E-state index in [-0.39, 0.29) is 35.3 Å². The van der Waals surface area contributed by atoms with Crippen LogP contribution in [-0.2, 0) is 6.54 Å². The van der Waals surface area contributed by atoms with E-state index in [0.717, 1.165) is 29.2 Å². The lowest BCUT2D eigenvalue weighted by Gasteiger charge is -2.23. The number of benzene rings is 1. The molecular weight excluding hydrogens is 408 g/mol. The van der Waals surface area contributed by atoms with E-state index in [0.29, 0.717) is 12.1 Å². The predicted molar refractivity (Wildman–Crippen MR) is 104 cm³/mol. The summed E-state index contributed by atoms with van der Waals surface area (Å²) in [5.74, 6) is 1.24. The molecular formula is C17H25FIN3O. The second-order valence-electron chi connectivity index (χ2n) is 6.36. The highest BCUT2D eigenvalue weighted by Gasteiger charge is 2.14. The second kappa shape index (κ2) is 7.99. The van der Waals surface area contributed by atoms with E-state index >= 15 is 0 Å². The van der Waals surface area contributed by atoms with Gasteiger partial charge in [-0.1, -0.05) is 0 Å². The van der Waals surface area contributed by atoms with Crippen molar-refractivity contribution in [2.24, 2.45) is 4.99 Å². The highest BCUT2D eigenvalue weighted by atomic mass is 127. The minimum absolute atomic E-state index is 0. The number of hydrogen-bond acceptors (Lipinski definition) is 2. The van der Waals surface area contributed by atoms with Gasteiger partial charge in [-0.3, -0.25) is 0 Å². The molecule has 0 saturated heterocycles. The molecule has 0 atom stereocenters. The van der Waals surface area contributed by atoms with E-state index in [1.807, 2.05) is 13.8 Å². The van der Waals surface area contributed by atoms with Crippen molar-refractivity contribution in [3.8, 4) is 0 Å². The van der Waals surface area contributed by atoms with Crippen molar-refractivity contribution in [2.45, 2.75) is 46.7 Å². The van der Waals surface area contributed by atoms with Crippen LogP contribution in [0.3, 0.4) is 0 Å². The van der Waals surface area contributed by atoms with Gasteiger partial charge in [-0.25, -0.2) is 9.38 Å². The summed E-state index contributed by atoms with van der Waals surface area (Å²) >= 11 is 0. The number of halogens is 2. The zero-order chi connectivity index (χ0) is 16.3. The molecule has 1 heterocycles. The molecule has 0 spiro atoms. The van der Waals surface area contributed by atoms with Crippen molar-refractivity contribution in [1.29, 1.82) is 0 Å². The zero-order valence-corrected chi connectivity index (χ0v) is 16.6. The molecule has 1 aromatic heterocycles. The van der Waals surface area contributed by atoms with Crippen LogP contribution >= 0.6 is 24.0 Å². The average Bonchev–Trinajstić information content (AvgIpc) is 2.72. The number of rotatable bonds is 3. The normalized spacial score (nSPS) is 12.2. The fourth-order valence-electron chi connectivity index (χ4n) is 2.21. The molecule has 23 heavy (non-hydrogen) atoms. The Bertz CT molecular complexity index is 689. The van der Waals surface area contributed by atoms with Crippen molar-refractivity contribution < 1.29 is 8.81 Å². The van der Waals surface area contributed by atoms with Crippen LogP contribution in [0.15, 0.2) is 27.6 Å². The lowest BCUT2D eigenvalue weighted by molar-refractivity contribution is 0.498. The third-order valence-corrected chi connectivity index (χ3v) is 3.22. The minimum atomic E-state index is -0.255. The summed E-state index contributed by atoms with van der Waals surface area (Å²) in [5, 5.41) is 7.34. The Balaban J connectivity index is 0.00000264. The summed E-state index contributed by atoms with van der Waals surface area (Å²) in [7, 11) is 0. The lowest BCUT2D eigenvalue weighted by Crippen LogP contribution is -2.47. The SMILES string of the molecule is CCNC(=NCc1oc2ccc(F)cc2c1C)NC(C)(C)C.I. The summed E-state index contributed by atoms with van der Waals surface area (Å²) in [5.41, 5.74) is 1.55. The summed E-state index contributed by atoms with van der Waals surface area (Å²) < 4.78 is 19.1. The predicted octanol–water partition coefficient (Wildman–Crippen LogP) is 4.35. The number of fused-ring (bicyclic) bond motifs is 1. The smallest absolute Gasteiger partial charge is 0.192 e. The molecule has 2 aromatic rings. The molecule has 4 nitrogen and oxygen atoms in total. The van der Waals surface area contributed by atoms with Crippen LogP contribution in [0.2, 0.25) is 0 Å². The van der Waals surface area contributed by atoms with Crippen LogP contribution in [0.4, 0.5) is 4.39 Å². The Hall–Kier alpha value is -1.31. The second-order valence-corrected chi connectivity index (χ2v) is 6.36.